The lowest BCUT2D eigenvalue weighted by molar-refractivity contribution is -0.181. The van der Waals surface area contributed by atoms with E-state index in [9.17, 15) is 34.2 Å². The van der Waals surface area contributed by atoms with Gasteiger partial charge < -0.3 is 15.9 Å². The van der Waals surface area contributed by atoms with Crippen molar-refractivity contribution in [3.8, 4) is 16.9 Å². The Labute approximate surface area is 219 Å². The predicted octanol–water partition coefficient (Wildman–Crippen LogP) is 1.15. The molecule has 38 heavy (non-hydrogen) atoms. The first-order valence-corrected chi connectivity index (χ1v) is 12.6. The summed E-state index contributed by atoms with van der Waals surface area (Å²) >= 11 is 0. The smallest absolute Gasteiger partial charge is 0.235 e. The van der Waals surface area contributed by atoms with Gasteiger partial charge in [0.1, 0.15) is 5.75 Å². The highest BCUT2D eigenvalue weighted by Gasteiger charge is 2.69. The molecule has 9 heteroatoms. The largest absolute Gasteiger partial charge is 0.507 e. The fraction of sp³-hybridized carbons (Fsp3) is 0.414. The van der Waals surface area contributed by atoms with E-state index in [0.29, 0.717) is 5.56 Å². The third-order valence-electron chi connectivity index (χ3n) is 8.48. The zero-order valence-electron chi connectivity index (χ0n) is 21.6. The standard InChI is InChI=1S/C29H30N2O7/c1-12-7-13(2)9-14(8-12)16-5-6-19(32)21-17(16)10-15-11-18-23(31(3)4)25(34)22(28(30)37)27(36)29(18,38)26(35)20(15)24(21)33/h5-9,15,18,20,22-23,32,38H,10-11H2,1-4H3,(H2,30,37)/t15?,18?,20?,22?,23-,29-/m0/s1. The van der Waals surface area contributed by atoms with E-state index in [-0.39, 0.29) is 24.2 Å². The van der Waals surface area contributed by atoms with E-state index in [1.807, 2.05) is 32.0 Å². The summed E-state index contributed by atoms with van der Waals surface area (Å²) in [7, 11) is 3.12. The molecule has 0 spiro atoms. The number of nitrogens with zero attached hydrogens (tertiary/aromatic N) is 1. The third-order valence-corrected chi connectivity index (χ3v) is 8.48. The summed E-state index contributed by atoms with van der Waals surface area (Å²) in [6, 6.07) is 8.00. The van der Waals surface area contributed by atoms with Gasteiger partial charge in [-0.25, -0.2) is 0 Å². The number of fused-ring (bicyclic) bond motifs is 3. The van der Waals surface area contributed by atoms with Gasteiger partial charge in [0.2, 0.25) is 5.91 Å². The Balaban J connectivity index is 1.67. The van der Waals surface area contributed by atoms with Gasteiger partial charge in [0.25, 0.3) is 0 Å². The lowest BCUT2D eigenvalue weighted by atomic mass is 9.52. The Morgan fingerprint density at radius 2 is 1.66 bits per heavy atom. The molecule has 0 saturated heterocycles. The Morgan fingerprint density at radius 3 is 2.24 bits per heavy atom. The number of hydrogen-bond donors (Lipinski definition) is 3. The minimum atomic E-state index is -2.72. The molecular weight excluding hydrogens is 488 g/mol. The average molecular weight is 519 g/mol. The Bertz CT molecular complexity index is 1420. The zero-order chi connectivity index (χ0) is 27.8. The lowest BCUT2D eigenvalue weighted by Crippen LogP contribution is -2.74. The molecule has 4 unspecified atom stereocenters. The molecule has 0 radical (unpaired) electrons. The fourth-order valence-electron chi connectivity index (χ4n) is 7.01. The second-order valence-electron chi connectivity index (χ2n) is 11.2. The quantitative estimate of drug-likeness (QED) is 0.511. The third kappa shape index (κ3) is 3.49. The van der Waals surface area contributed by atoms with Gasteiger partial charge in [-0.3, -0.25) is 28.9 Å². The molecule has 4 N–H and O–H groups in total. The monoisotopic (exact) mass is 518 g/mol. The molecule has 0 bridgehead atoms. The van der Waals surface area contributed by atoms with Crippen molar-refractivity contribution in [3.05, 3.63) is 52.6 Å². The van der Waals surface area contributed by atoms with Crippen LogP contribution >= 0.6 is 0 Å². The summed E-state index contributed by atoms with van der Waals surface area (Å²) in [6.07, 6.45) is 0.244. The van der Waals surface area contributed by atoms with Gasteiger partial charge in [0, 0.05) is 5.92 Å². The van der Waals surface area contributed by atoms with Crippen LogP contribution in [-0.4, -0.2) is 69.9 Å². The molecule has 0 aromatic heterocycles. The number of hydrogen-bond acceptors (Lipinski definition) is 8. The van der Waals surface area contributed by atoms with Crippen molar-refractivity contribution >= 4 is 29.0 Å². The Morgan fingerprint density at radius 1 is 1.03 bits per heavy atom. The van der Waals surface area contributed by atoms with Crippen LogP contribution in [0.3, 0.4) is 0 Å². The van der Waals surface area contributed by atoms with Gasteiger partial charge in [-0.05, 0) is 69.5 Å². The number of aromatic hydroxyl groups is 1. The maximum atomic E-state index is 13.9. The summed E-state index contributed by atoms with van der Waals surface area (Å²) in [6.45, 7) is 3.92. The molecule has 198 valence electrons. The predicted molar refractivity (Wildman–Crippen MR) is 136 cm³/mol. The molecule has 2 aromatic rings. The van der Waals surface area contributed by atoms with Gasteiger partial charge in [-0.15, -0.1) is 0 Å². The van der Waals surface area contributed by atoms with E-state index in [1.165, 1.54) is 11.0 Å². The number of likely N-dealkylation sites (N-methyl/N-ethyl adjacent to an activating group) is 1. The van der Waals surface area contributed by atoms with Gasteiger partial charge in [-0.2, -0.15) is 0 Å². The summed E-state index contributed by atoms with van der Waals surface area (Å²) < 4.78 is 0. The maximum Gasteiger partial charge on any atom is 0.235 e. The maximum absolute atomic E-state index is 13.9. The number of primary amides is 1. The molecule has 3 aliphatic carbocycles. The van der Waals surface area contributed by atoms with Crippen molar-refractivity contribution in [3.63, 3.8) is 0 Å². The van der Waals surface area contributed by atoms with Crippen molar-refractivity contribution in [2.45, 2.75) is 38.3 Å². The number of carbonyl (C=O) groups excluding carboxylic acids is 5. The SMILES string of the molecule is Cc1cc(C)cc(-c2ccc(O)c3c2CC2CC4[C@H](N(C)C)C(=O)C(C(N)=O)C(=O)[C@@]4(O)C(=O)C2C3=O)c1. The highest BCUT2D eigenvalue weighted by atomic mass is 16.3. The van der Waals surface area contributed by atoms with E-state index < -0.39 is 64.4 Å². The van der Waals surface area contributed by atoms with E-state index in [1.54, 1.807) is 20.2 Å². The zero-order valence-corrected chi connectivity index (χ0v) is 21.6. The van der Waals surface area contributed by atoms with Crippen LogP contribution in [0.25, 0.3) is 11.1 Å². The van der Waals surface area contributed by atoms with Crippen LogP contribution in [0.4, 0.5) is 0 Å². The molecule has 3 aliphatic rings. The van der Waals surface area contributed by atoms with E-state index in [4.69, 9.17) is 5.73 Å². The molecule has 2 fully saturated rings. The molecule has 2 aromatic carbocycles. The van der Waals surface area contributed by atoms with Crippen LogP contribution in [-0.2, 0) is 25.6 Å². The number of nitrogens with two attached hydrogens (primary N) is 1. The number of aliphatic hydroxyl groups is 1. The number of phenols is 1. The number of aryl methyl sites for hydroxylation is 2. The summed E-state index contributed by atoms with van der Waals surface area (Å²) in [5.41, 5.74) is 6.87. The normalized spacial score (nSPS) is 30.6. The topological polar surface area (TPSA) is 155 Å². The first kappa shape index (κ1) is 25.9. The lowest BCUT2D eigenvalue weighted by Gasteiger charge is -2.52. The van der Waals surface area contributed by atoms with Gasteiger partial charge in [0.15, 0.2) is 34.7 Å². The minimum absolute atomic E-state index is 0.00625. The molecule has 2 saturated carbocycles. The molecule has 0 aliphatic heterocycles. The van der Waals surface area contributed by atoms with Crippen molar-refractivity contribution < 1.29 is 34.2 Å². The summed E-state index contributed by atoms with van der Waals surface area (Å²) in [4.78, 5) is 67.8. The van der Waals surface area contributed by atoms with Crippen molar-refractivity contribution in [1.82, 2.24) is 4.90 Å². The molecule has 6 atom stereocenters. The number of carbonyl (C=O) groups is 5. The fourth-order valence-corrected chi connectivity index (χ4v) is 7.01. The van der Waals surface area contributed by atoms with Crippen LogP contribution in [0.2, 0.25) is 0 Å². The van der Waals surface area contributed by atoms with E-state index >= 15 is 0 Å². The number of ketones is 4. The second kappa shape index (κ2) is 8.68. The molecule has 1 amide bonds. The van der Waals surface area contributed by atoms with Crippen molar-refractivity contribution in [2.24, 2.45) is 29.4 Å². The molecule has 0 heterocycles. The first-order valence-electron chi connectivity index (χ1n) is 12.6. The first-order chi connectivity index (χ1) is 17.8. The van der Waals surface area contributed by atoms with E-state index in [2.05, 4.69) is 0 Å². The van der Waals surface area contributed by atoms with Gasteiger partial charge in [-0.1, -0.05) is 35.4 Å². The second-order valence-corrected chi connectivity index (χ2v) is 11.2. The molecule has 5 rings (SSSR count). The van der Waals surface area contributed by atoms with Gasteiger partial charge >= 0.3 is 0 Å². The minimum Gasteiger partial charge on any atom is -0.507 e. The number of phenolic OH excluding ortho intramolecular Hbond substituents is 1. The Kier molecular flexibility index (Phi) is 5.92. The molecule has 9 nitrogen and oxygen atoms in total. The van der Waals surface area contributed by atoms with E-state index in [0.717, 1.165) is 22.3 Å². The van der Waals surface area contributed by atoms with Crippen molar-refractivity contribution in [2.75, 3.05) is 14.1 Å². The van der Waals surface area contributed by atoms with Crippen molar-refractivity contribution in [1.29, 1.82) is 0 Å². The number of Topliss-reactive ketones (excluding diaryl/α,β-unsaturated/α-hetero) is 4. The number of amides is 1. The van der Waals surface area contributed by atoms with Crippen LogP contribution in [0.1, 0.15) is 33.5 Å². The highest BCUT2D eigenvalue weighted by molar-refractivity contribution is 6.32. The summed E-state index contributed by atoms with van der Waals surface area (Å²) in [5, 5.41) is 22.4. The highest BCUT2D eigenvalue weighted by Crippen LogP contribution is 2.51. The van der Waals surface area contributed by atoms with Crippen LogP contribution in [0, 0.1) is 37.5 Å². The molecular formula is C29H30N2O7. The van der Waals surface area contributed by atoms with Crippen LogP contribution in [0.5, 0.6) is 5.75 Å². The van der Waals surface area contributed by atoms with Crippen LogP contribution in [0.15, 0.2) is 30.3 Å². The van der Waals surface area contributed by atoms with Gasteiger partial charge in [0.05, 0.1) is 17.5 Å². The average Bonchev–Trinajstić information content (AvgIpc) is 2.80. The Hall–Kier alpha value is -3.69. The van der Waals surface area contributed by atoms with Crippen LogP contribution < -0.4 is 5.73 Å². The summed E-state index contributed by atoms with van der Waals surface area (Å²) in [5.74, 6) is -10.4. The number of rotatable bonds is 3. The number of benzene rings is 2.